The molecule has 1 aromatic rings. The van der Waals surface area contributed by atoms with Gasteiger partial charge in [0.15, 0.2) is 0 Å². The van der Waals surface area contributed by atoms with Crippen LogP contribution in [0.2, 0.25) is 5.02 Å². The zero-order valence-electron chi connectivity index (χ0n) is 6.12. The van der Waals surface area contributed by atoms with Crippen LogP contribution in [0.25, 0.3) is 0 Å². The fourth-order valence-electron chi connectivity index (χ4n) is 1.13. The number of amides is 1. The molecule has 0 aliphatic carbocycles. The van der Waals surface area contributed by atoms with Crippen molar-refractivity contribution in [2.45, 2.75) is 6.54 Å². The summed E-state index contributed by atoms with van der Waals surface area (Å²) in [5.74, 6) is -0.284. The zero-order valence-corrected chi connectivity index (χ0v) is 6.88. The Morgan fingerprint density at radius 2 is 2.25 bits per heavy atom. The fraction of sp³-hybridized carbons (Fsp3) is 0.125. The third-order valence-corrected chi connectivity index (χ3v) is 1.94. The van der Waals surface area contributed by atoms with Gasteiger partial charge in [-0.3, -0.25) is 4.79 Å². The lowest BCUT2D eigenvalue weighted by atomic mass is 10.1. The van der Waals surface area contributed by atoms with Crippen molar-refractivity contribution in [3.63, 3.8) is 0 Å². The maximum atomic E-state index is 11.1. The van der Waals surface area contributed by atoms with E-state index in [1.54, 1.807) is 18.2 Å². The summed E-state index contributed by atoms with van der Waals surface area (Å²) in [5, 5.41) is 7.73. The van der Waals surface area contributed by atoms with Crippen molar-refractivity contribution in [1.29, 1.82) is 0 Å². The van der Waals surface area contributed by atoms with Crippen LogP contribution >= 0.6 is 11.6 Å². The summed E-state index contributed by atoms with van der Waals surface area (Å²) < 4.78 is 0. The molecule has 1 aliphatic heterocycles. The predicted octanol–water partition coefficient (Wildman–Crippen LogP) is 2.45. The van der Waals surface area contributed by atoms with Gasteiger partial charge in [0.1, 0.15) is 0 Å². The summed E-state index contributed by atoms with van der Waals surface area (Å²) in [6.45, 7) is 0.446. The normalized spacial score (nSPS) is 14.6. The van der Waals surface area contributed by atoms with Crippen LogP contribution in [0, 0.1) is 0 Å². The molecule has 0 radical (unpaired) electrons. The van der Waals surface area contributed by atoms with E-state index in [0.29, 0.717) is 17.1 Å². The van der Waals surface area contributed by atoms with Gasteiger partial charge < -0.3 is 0 Å². The number of carbonyl (C=O) groups is 1. The maximum Gasteiger partial charge on any atom is 0.295 e. The minimum atomic E-state index is -0.284. The van der Waals surface area contributed by atoms with Gasteiger partial charge in [0, 0.05) is 10.6 Å². The molecule has 0 unspecified atom stereocenters. The molecule has 1 aromatic carbocycles. The lowest BCUT2D eigenvalue weighted by Gasteiger charge is -2.07. The fourth-order valence-corrected chi connectivity index (χ4v) is 1.33. The van der Waals surface area contributed by atoms with Crippen molar-refractivity contribution in [2.75, 3.05) is 0 Å². The van der Waals surface area contributed by atoms with Gasteiger partial charge in [0.2, 0.25) is 0 Å². The number of nitrogens with zero attached hydrogens (tertiary/aromatic N) is 2. The van der Waals surface area contributed by atoms with Gasteiger partial charge in [0.05, 0.1) is 6.54 Å². The van der Waals surface area contributed by atoms with Crippen LogP contribution in [0.1, 0.15) is 15.9 Å². The molecule has 0 spiro atoms. The molecule has 0 fully saturated rings. The number of azo groups is 1. The van der Waals surface area contributed by atoms with Crippen LogP contribution in [0.3, 0.4) is 0 Å². The maximum absolute atomic E-state index is 11.1. The highest BCUT2D eigenvalue weighted by atomic mass is 35.5. The number of fused-ring (bicyclic) bond motifs is 1. The number of carbonyl (C=O) groups excluding carboxylic acids is 1. The van der Waals surface area contributed by atoms with Crippen molar-refractivity contribution in [3.8, 4) is 0 Å². The highest BCUT2D eigenvalue weighted by molar-refractivity contribution is 6.30. The second kappa shape index (κ2) is 2.68. The van der Waals surface area contributed by atoms with Crippen molar-refractivity contribution in [1.82, 2.24) is 0 Å². The lowest BCUT2D eigenvalue weighted by Crippen LogP contribution is -2.04. The van der Waals surface area contributed by atoms with Crippen LogP contribution < -0.4 is 0 Å². The van der Waals surface area contributed by atoms with E-state index >= 15 is 0 Å². The molecule has 0 saturated heterocycles. The Hall–Kier alpha value is -1.22. The van der Waals surface area contributed by atoms with Gasteiger partial charge in [-0.1, -0.05) is 11.6 Å². The minimum absolute atomic E-state index is 0.284. The van der Waals surface area contributed by atoms with Gasteiger partial charge in [0.25, 0.3) is 5.91 Å². The standard InChI is InChI=1S/C8H5ClN2O/c9-6-1-2-7-5(3-6)4-10-11-8(7)12/h1-3H,4H2. The summed E-state index contributed by atoms with van der Waals surface area (Å²) >= 11 is 5.74. The number of rotatable bonds is 0. The van der Waals surface area contributed by atoms with Crippen LogP contribution in [-0.4, -0.2) is 5.91 Å². The largest absolute Gasteiger partial charge is 0.295 e. The first kappa shape index (κ1) is 7.43. The van der Waals surface area contributed by atoms with Gasteiger partial charge in [-0.15, -0.1) is 5.11 Å². The van der Waals surface area contributed by atoms with Crippen LogP contribution in [-0.2, 0) is 6.54 Å². The van der Waals surface area contributed by atoms with Gasteiger partial charge in [-0.25, -0.2) is 0 Å². The Morgan fingerprint density at radius 1 is 1.42 bits per heavy atom. The molecule has 1 heterocycles. The first-order valence-corrected chi connectivity index (χ1v) is 3.85. The van der Waals surface area contributed by atoms with Crippen LogP contribution in [0.4, 0.5) is 0 Å². The average molecular weight is 181 g/mol. The minimum Gasteiger partial charge on any atom is -0.265 e. The SMILES string of the molecule is O=C1N=NCc2cc(Cl)ccc21. The van der Waals surface area contributed by atoms with Gasteiger partial charge in [-0.2, -0.15) is 5.11 Å². The molecule has 0 atom stereocenters. The van der Waals surface area contributed by atoms with E-state index in [4.69, 9.17) is 11.6 Å². The summed E-state index contributed by atoms with van der Waals surface area (Å²) in [4.78, 5) is 11.1. The Morgan fingerprint density at radius 3 is 3.08 bits per heavy atom. The summed E-state index contributed by atoms with van der Waals surface area (Å²) in [6.07, 6.45) is 0. The molecular weight excluding hydrogens is 176 g/mol. The molecule has 3 nitrogen and oxygen atoms in total. The summed E-state index contributed by atoms with van der Waals surface area (Å²) in [6, 6.07) is 5.10. The molecule has 0 saturated carbocycles. The van der Waals surface area contributed by atoms with E-state index in [0.717, 1.165) is 5.56 Å². The zero-order chi connectivity index (χ0) is 8.55. The van der Waals surface area contributed by atoms with E-state index in [1.807, 2.05) is 0 Å². The summed E-state index contributed by atoms with van der Waals surface area (Å²) in [5.41, 5.74) is 1.46. The number of hydrogen-bond acceptors (Lipinski definition) is 2. The van der Waals surface area contributed by atoms with Crippen LogP contribution in [0.15, 0.2) is 28.4 Å². The van der Waals surface area contributed by atoms with E-state index in [2.05, 4.69) is 10.2 Å². The number of hydrogen-bond donors (Lipinski definition) is 0. The first-order valence-electron chi connectivity index (χ1n) is 3.47. The van der Waals surface area contributed by atoms with E-state index in [9.17, 15) is 4.79 Å². The molecule has 2 rings (SSSR count). The van der Waals surface area contributed by atoms with Gasteiger partial charge in [-0.05, 0) is 23.8 Å². The highest BCUT2D eigenvalue weighted by Gasteiger charge is 2.14. The number of halogens is 1. The molecule has 12 heavy (non-hydrogen) atoms. The molecule has 1 aliphatic rings. The second-order valence-electron chi connectivity index (χ2n) is 2.51. The monoisotopic (exact) mass is 180 g/mol. The smallest absolute Gasteiger partial charge is 0.265 e. The first-order chi connectivity index (χ1) is 5.77. The number of benzene rings is 1. The quantitative estimate of drug-likeness (QED) is 0.605. The van der Waals surface area contributed by atoms with Crippen molar-refractivity contribution < 1.29 is 4.79 Å². The van der Waals surface area contributed by atoms with Crippen molar-refractivity contribution >= 4 is 17.5 Å². The van der Waals surface area contributed by atoms with Crippen molar-refractivity contribution in [2.24, 2.45) is 10.2 Å². The third-order valence-electron chi connectivity index (χ3n) is 1.70. The molecule has 1 amide bonds. The van der Waals surface area contributed by atoms with E-state index in [-0.39, 0.29) is 5.91 Å². The second-order valence-corrected chi connectivity index (χ2v) is 2.94. The highest BCUT2D eigenvalue weighted by Crippen LogP contribution is 2.20. The molecule has 0 N–H and O–H groups in total. The molecule has 0 bridgehead atoms. The van der Waals surface area contributed by atoms with E-state index in [1.165, 1.54) is 0 Å². The molecule has 4 heteroatoms. The van der Waals surface area contributed by atoms with Gasteiger partial charge >= 0.3 is 0 Å². The summed E-state index contributed by atoms with van der Waals surface area (Å²) in [7, 11) is 0. The molecule has 0 aromatic heterocycles. The predicted molar refractivity (Wildman–Crippen MR) is 44.3 cm³/mol. The Balaban J connectivity index is 2.58. The Bertz CT molecular complexity index is 373. The molecule has 60 valence electrons. The Labute approximate surface area is 74.1 Å². The van der Waals surface area contributed by atoms with E-state index < -0.39 is 0 Å². The average Bonchev–Trinajstić information content (AvgIpc) is 2.04. The van der Waals surface area contributed by atoms with Crippen molar-refractivity contribution in [3.05, 3.63) is 34.3 Å². The molecular formula is C8H5ClN2O. The third kappa shape index (κ3) is 1.12. The topological polar surface area (TPSA) is 41.8 Å². The van der Waals surface area contributed by atoms with Crippen LogP contribution in [0.5, 0.6) is 0 Å². The lowest BCUT2D eigenvalue weighted by molar-refractivity contribution is 0.0988. The Kier molecular flexibility index (Phi) is 1.66.